The molecule has 0 bridgehead atoms. The Bertz CT molecular complexity index is 882. The molecular formula is C21H17NO. The van der Waals surface area contributed by atoms with Crippen LogP contribution in [0.15, 0.2) is 60.8 Å². The van der Waals surface area contributed by atoms with Crippen molar-refractivity contribution in [2.45, 2.75) is 13.8 Å². The first-order valence-electron chi connectivity index (χ1n) is 7.46. The maximum atomic E-state index is 9.28. The molecule has 1 heterocycles. The van der Waals surface area contributed by atoms with Crippen LogP contribution in [0.4, 0.5) is 0 Å². The molecule has 0 radical (unpaired) electrons. The number of hydrogen-bond acceptors (Lipinski definition) is 2. The highest BCUT2D eigenvalue weighted by molar-refractivity contribution is 5.64. The van der Waals surface area contributed by atoms with Crippen LogP contribution in [0, 0.1) is 25.7 Å². The van der Waals surface area contributed by atoms with Gasteiger partial charge in [0, 0.05) is 17.3 Å². The van der Waals surface area contributed by atoms with Crippen LogP contribution in [-0.4, -0.2) is 10.1 Å². The number of phenols is 1. The van der Waals surface area contributed by atoms with E-state index in [1.165, 1.54) is 5.56 Å². The second-order valence-electron chi connectivity index (χ2n) is 5.55. The predicted octanol–water partition coefficient (Wildman–Crippen LogP) is 4.47. The van der Waals surface area contributed by atoms with Gasteiger partial charge in [-0.15, -0.1) is 0 Å². The molecule has 0 unspecified atom stereocenters. The summed E-state index contributed by atoms with van der Waals surface area (Å²) in [6.45, 7) is 4.10. The summed E-state index contributed by atoms with van der Waals surface area (Å²) in [5.41, 5.74) is 6.17. The van der Waals surface area contributed by atoms with Crippen LogP contribution in [0.3, 0.4) is 0 Å². The Balaban J connectivity index is 1.88. The monoisotopic (exact) mass is 299 g/mol. The maximum absolute atomic E-state index is 9.28. The van der Waals surface area contributed by atoms with Gasteiger partial charge in [0.1, 0.15) is 11.4 Å². The van der Waals surface area contributed by atoms with Gasteiger partial charge in [0.25, 0.3) is 0 Å². The van der Waals surface area contributed by atoms with E-state index in [-0.39, 0.29) is 5.75 Å². The fourth-order valence-electron chi connectivity index (χ4n) is 2.29. The number of benzene rings is 2. The average molecular weight is 299 g/mol. The zero-order chi connectivity index (χ0) is 16.2. The van der Waals surface area contributed by atoms with Crippen molar-refractivity contribution in [1.82, 2.24) is 4.98 Å². The number of rotatable bonds is 1. The third kappa shape index (κ3) is 3.59. The fourth-order valence-corrected chi connectivity index (χ4v) is 2.29. The van der Waals surface area contributed by atoms with E-state index in [4.69, 9.17) is 0 Å². The second-order valence-corrected chi connectivity index (χ2v) is 5.55. The first-order valence-corrected chi connectivity index (χ1v) is 7.46. The molecule has 0 fully saturated rings. The molecule has 3 rings (SSSR count). The third-order valence-corrected chi connectivity index (χ3v) is 3.66. The summed E-state index contributed by atoms with van der Waals surface area (Å²) in [6.07, 6.45) is 1.86. The van der Waals surface area contributed by atoms with Crippen LogP contribution in [0.2, 0.25) is 0 Å². The van der Waals surface area contributed by atoms with Gasteiger partial charge in [-0.05, 0) is 61.2 Å². The van der Waals surface area contributed by atoms with Crippen molar-refractivity contribution < 1.29 is 5.11 Å². The molecule has 112 valence electrons. The topological polar surface area (TPSA) is 33.1 Å². The number of phenolic OH excluding ortho intramolecular Hbond substituents is 1. The van der Waals surface area contributed by atoms with E-state index in [1.54, 1.807) is 24.3 Å². The van der Waals surface area contributed by atoms with Gasteiger partial charge in [-0.3, -0.25) is 0 Å². The largest absolute Gasteiger partial charge is 0.508 e. The minimum absolute atomic E-state index is 0.243. The first kappa shape index (κ1) is 14.9. The van der Waals surface area contributed by atoms with Crippen molar-refractivity contribution in [3.05, 3.63) is 83.2 Å². The highest BCUT2D eigenvalue weighted by atomic mass is 16.3. The van der Waals surface area contributed by atoms with Crippen molar-refractivity contribution in [3.63, 3.8) is 0 Å². The smallest absolute Gasteiger partial charge is 0.116 e. The number of nitrogens with zero attached hydrogens (tertiary/aromatic N) is 1. The molecule has 2 heteroatoms. The molecule has 0 atom stereocenters. The number of aryl methyl sites for hydroxylation is 2. The van der Waals surface area contributed by atoms with Crippen molar-refractivity contribution in [2.24, 2.45) is 0 Å². The Labute approximate surface area is 136 Å². The second kappa shape index (κ2) is 6.37. The van der Waals surface area contributed by atoms with E-state index in [0.717, 1.165) is 27.9 Å². The number of pyridine rings is 1. The Kier molecular flexibility index (Phi) is 4.12. The van der Waals surface area contributed by atoms with Crippen molar-refractivity contribution in [1.29, 1.82) is 0 Å². The lowest BCUT2D eigenvalue weighted by molar-refractivity contribution is 0.475. The molecule has 1 aromatic heterocycles. The molecule has 0 aliphatic heterocycles. The molecule has 0 saturated carbocycles. The Hall–Kier alpha value is -3.05. The molecule has 0 spiro atoms. The van der Waals surface area contributed by atoms with Crippen molar-refractivity contribution in [2.75, 3.05) is 0 Å². The fraction of sp³-hybridized carbons (Fsp3) is 0.0952. The zero-order valence-corrected chi connectivity index (χ0v) is 13.2. The average Bonchev–Trinajstić information content (AvgIpc) is 2.56. The number of hydrogen-bond donors (Lipinski definition) is 1. The van der Waals surface area contributed by atoms with E-state index in [1.807, 2.05) is 13.1 Å². The van der Waals surface area contributed by atoms with Crippen LogP contribution in [-0.2, 0) is 0 Å². The summed E-state index contributed by atoms with van der Waals surface area (Å²) in [5.74, 6) is 6.41. The molecule has 0 saturated heterocycles. The highest BCUT2D eigenvalue weighted by Crippen LogP contribution is 2.21. The van der Waals surface area contributed by atoms with Gasteiger partial charge in [-0.25, -0.2) is 4.98 Å². The third-order valence-electron chi connectivity index (χ3n) is 3.66. The summed E-state index contributed by atoms with van der Waals surface area (Å²) >= 11 is 0. The highest BCUT2D eigenvalue weighted by Gasteiger charge is 2.02. The predicted molar refractivity (Wildman–Crippen MR) is 93.2 cm³/mol. The lowest BCUT2D eigenvalue weighted by Gasteiger charge is -2.04. The van der Waals surface area contributed by atoms with E-state index in [9.17, 15) is 5.11 Å². The molecule has 2 nitrogen and oxygen atoms in total. The normalized spacial score (nSPS) is 10.0. The van der Waals surface area contributed by atoms with Gasteiger partial charge in [0.05, 0.1) is 0 Å². The molecule has 1 N–H and O–H groups in total. The van der Waals surface area contributed by atoms with Gasteiger partial charge in [0.2, 0.25) is 0 Å². The quantitative estimate of drug-likeness (QED) is 0.672. The molecule has 2 aromatic carbocycles. The van der Waals surface area contributed by atoms with Crippen LogP contribution in [0.5, 0.6) is 5.75 Å². The minimum atomic E-state index is 0.243. The summed E-state index contributed by atoms with van der Waals surface area (Å²) in [7, 11) is 0. The van der Waals surface area contributed by atoms with Gasteiger partial charge < -0.3 is 5.11 Å². The summed E-state index contributed by atoms with van der Waals surface area (Å²) < 4.78 is 0. The first-order chi connectivity index (χ1) is 11.1. The van der Waals surface area contributed by atoms with Crippen LogP contribution in [0.25, 0.3) is 11.1 Å². The van der Waals surface area contributed by atoms with Gasteiger partial charge >= 0.3 is 0 Å². The SMILES string of the molecule is Cc1ccc(-c2cnc(C#Cc3ccc(O)cc3)c(C)c2)cc1. The maximum Gasteiger partial charge on any atom is 0.116 e. The summed E-state index contributed by atoms with van der Waals surface area (Å²) in [6, 6.07) is 17.4. The standard InChI is InChI=1S/C21H17NO/c1-15-3-8-18(9-4-15)19-13-16(2)21(22-14-19)12-7-17-5-10-20(23)11-6-17/h3-6,8-11,13-14,23H,1-2H3. The Morgan fingerprint density at radius 1 is 0.826 bits per heavy atom. The van der Waals surface area contributed by atoms with E-state index in [0.29, 0.717) is 0 Å². The Morgan fingerprint density at radius 2 is 1.52 bits per heavy atom. The summed E-state index contributed by atoms with van der Waals surface area (Å²) in [4.78, 5) is 4.49. The van der Waals surface area contributed by atoms with Gasteiger partial charge in [-0.1, -0.05) is 35.7 Å². The van der Waals surface area contributed by atoms with Gasteiger partial charge in [0.15, 0.2) is 0 Å². The molecular weight excluding hydrogens is 282 g/mol. The molecule has 0 aliphatic carbocycles. The zero-order valence-electron chi connectivity index (χ0n) is 13.2. The van der Waals surface area contributed by atoms with Crippen LogP contribution >= 0.6 is 0 Å². The van der Waals surface area contributed by atoms with E-state index in [2.05, 4.69) is 54.1 Å². The minimum Gasteiger partial charge on any atom is -0.508 e. The molecule has 0 amide bonds. The van der Waals surface area contributed by atoms with Crippen LogP contribution in [0.1, 0.15) is 22.4 Å². The van der Waals surface area contributed by atoms with Crippen LogP contribution < -0.4 is 0 Å². The summed E-state index contributed by atoms with van der Waals surface area (Å²) in [5, 5.41) is 9.28. The van der Waals surface area contributed by atoms with E-state index < -0.39 is 0 Å². The van der Waals surface area contributed by atoms with Crippen molar-refractivity contribution >= 4 is 0 Å². The lowest BCUT2D eigenvalue weighted by Crippen LogP contribution is -1.90. The molecule has 3 aromatic rings. The van der Waals surface area contributed by atoms with Gasteiger partial charge in [-0.2, -0.15) is 0 Å². The van der Waals surface area contributed by atoms with E-state index >= 15 is 0 Å². The number of aromatic hydroxyl groups is 1. The Morgan fingerprint density at radius 3 is 2.17 bits per heavy atom. The lowest BCUT2D eigenvalue weighted by atomic mass is 10.0. The van der Waals surface area contributed by atoms with Crippen molar-refractivity contribution in [3.8, 4) is 28.7 Å². The molecule has 0 aliphatic rings. The molecule has 23 heavy (non-hydrogen) atoms. The number of aromatic nitrogens is 1.